The van der Waals surface area contributed by atoms with Gasteiger partial charge < -0.3 is 19.3 Å². The second-order valence-corrected chi connectivity index (χ2v) is 9.14. The van der Waals surface area contributed by atoms with Crippen LogP contribution in [0.4, 0.5) is 0 Å². The molecule has 3 aromatic rings. The van der Waals surface area contributed by atoms with Gasteiger partial charge in [-0.25, -0.2) is 9.79 Å². The molecule has 0 radical (unpaired) electrons. The molecule has 8 nitrogen and oxygen atoms in total. The molecular formula is C28H28N2O6S. The van der Waals surface area contributed by atoms with E-state index in [9.17, 15) is 14.7 Å². The molecule has 1 N–H and O–H groups in total. The Bertz CT molecular complexity index is 1530. The van der Waals surface area contributed by atoms with Crippen LogP contribution in [0.5, 0.6) is 17.2 Å². The highest BCUT2D eigenvalue weighted by molar-refractivity contribution is 7.07. The maximum Gasteiger partial charge on any atom is 0.338 e. The fraction of sp³-hybridized carbons (Fsp3) is 0.250. The Morgan fingerprint density at radius 3 is 2.59 bits per heavy atom. The van der Waals surface area contributed by atoms with E-state index in [0.717, 1.165) is 5.56 Å². The first-order chi connectivity index (χ1) is 17.9. The minimum Gasteiger partial charge on any atom is -0.504 e. The lowest BCUT2D eigenvalue weighted by molar-refractivity contribution is -0.139. The molecule has 0 bridgehead atoms. The molecule has 1 atom stereocenters. The number of hydrogen-bond acceptors (Lipinski definition) is 8. The van der Waals surface area contributed by atoms with E-state index >= 15 is 0 Å². The fourth-order valence-corrected chi connectivity index (χ4v) is 5.10. The van der Waals surface area contributed by atoms with E-state index in [4.69, 9.17) is 14.2 Å². The summed E-state index contributed by atoms with van der Waals surface area (Å²) in [5, 5.41) is 10.0. The van der Waals surface area contributed by atoms with E-state index < -0.39 is 12.0 Å². The Balaban J connectivity index is 1.87. The SMILES string of the molecule is C=CCOc1ccc(C2C(C(=O)OCC)=C(C)N=c3s/c(=C\c4ccc(O)c(OCC)c4)c(=O)n32)cc1. The molecule has 1 aliphatic heterocycles. The predicted molar refractivity (Wildman–Crippen MR) is 142 cm³/mol. The molecule has 0 saturated heterocycles. The quantitative estimate of drug-likeness (QED) is 0.343. The number of hydrogen-bond donors (Lipinski definition) is 1. The van der Waals surface area contributed by atoms with Crippen molar-refractivity contribution in [1.29, 1.82) is 0 Å². The summed E-state index contributed by atoms with van der Waals surface area (Å²) in [4.78, 5) is 31.8. The van der Waals surface area contributed by atoms with Crippen LogP contribution in [0.25, 0.3) is 6.08 Å². The van der Waals surface area contributed by atoms with Crippen molar-refractivity contribution in [3.05, 3.63) is 97.2 Å². The third kappa shape index (κ3) is 5.36. The zero-order chi connectivity index (χ0) is 26.5. The van der Waals surface area contributed by atoms with Crippen LogP contribution in [0, 0.1) is 0 Å². The minimum atomic E-state index is -0.718. The standard InChI is InChI=1S/C28H28N2O6S/c1-5-14-36-20-11-9-19(10-12-20)25-24(27(33)35-7-3)17(4)29-28-30(25)26(32)23(37-28)16-18-8-13-21(31)22(15-18)34-6-2/h5,8-13,15-16,25,31H,1,6-7,14H2,2-4H3/b23-16-. The van der Waals surface area contributed by atoms with Crippen LogP contribution in [0.1, 0.15) is 37.9 Å². The maximum atomic E-state index is 13.7. The van der Waals surface area contributed by atoms with Crippen LogP contribution in [0.15, 0.2) is 76.2 Å². The van der Waals surface area contributed by atoms with Crippen molar-refractivity contribution in [1.82, 2.24) is 4.57 Å². The van der Waals surface area contributed by atoms with Gasteiger partial charge in [0.05, 0.1) is 35.1 Å². The average Bonchev–Trinajstić information content (AvgIpc) is 3.18. The zero-order valence-corrected chi connectivity index (χ0v) is 21.7. The molecule has 192 valence electrons. The maximum absolute atomic E-state index is 13.7. The van der Waals surface area contributed by atoms with Crippen LogP contribution < -0.4 is 24.4 Å². The Hall–Kier alpha value is -4.11. The predicted octanol–water partition coefficient (Wildman–Crippen LogP) is 3.47. The highest BCUT2D eigenvalue weighted by atomic mass is 32.1. The van der Waals surface area contributed by atoms with Gasteiger partial charge in [0.15, 0.2) is 16.3 Å². The molecule has 0 spiro atoms. The van der Waals surface area contributed by atoms with Gasteiger partial charge in [0, 0.05) is 0 Å². The van der Waals surface area contributed by atoms with E-state index in [2.05, 4.69) is 11.6 Å². The number of fused-ring (bicyclic) bond motifs is 1. The van der Waals surface area contributed by atoms with Crippen molar-refractivity contribution >= 4 is 23.4 Å². The number of benzene rings is 2. The third-order valence-electron chi connectivity index (χ3n) is 5.66. The Labute approximate surface area is 218 Å². The largest absolute Gasteiger partial charge is 0.504 e. The lowest BCUT2D eigenvalue weighted by Crippen LogP contribution is -2.39. The molecule has 37 heavy (non-hydrogen) atoms. The van der Waals surface area contributed by atoms with Gasteiger partial charge in [-0.15, -0.1) is 0 Å². The third-order valence-corrected chi connectivity index (χ3v) is 6.65. The number of carbonyl (C=O) groups is 1. The smallest absolute Gasteiger partial charge is 0.338 e. The second kappa shape index (κ2) is 11.3. The summed E-state index contributed by atoms with van der Waals surface area (Å²) in [6.45, 7) is 9.92. The number of phenols is 1. The monoisotopic (exact) mass is 520 g/mol. The molecule has 1 unspecified atom stereocenters. The summed E-state index contributed by atoms with van der Waals surface area (Å²) in [6, 6.07) is 11.4. The molecule has 0 aliphatic carbocycles. The second-order valence-electron chi connectivity index (χ2n) is 8.13. The molecule has 2 aromatic carbocycles. The van der Waals surface area contributed by atoms with Crippen LogP contribution in [0.3, 0.4) is 0 Å². The number of aromatic nitrogens is 1. The minimum absolute atomic E-state index is 0.0238. The number of carbonyl (C=O) groups excluding carboxylic acids is 1. The van der Waals surface area contributed by atoms with Gasteiger partial charge in [0.1, 0.15) is 12.4 Å². The molecule has 0 amide bonds. The first kappa shape index (κ1) is 26.0. The summed E-state index contributed by atoms with van der Waals surface area (Å²) in [7, 11) is 0. The average molecular weight is 521 g/mol. The Morgan fingerprint density at radius 2 is 1.92 bits per heavy atom. The van der Waals surface area contributed by atoms with Crippen molar-refractivity contribution in [3.8, 4) is 17.2 Å². The first-order valence-corrected chi connectivity index (χ1v) is 12.7. The van der Waals surface area contributed by atoms with E-state index in [1.165, 1.54) is 22.0 Å². The van der Waals surface area contributed by atoms with Gasteiger partial charge in [-0.1, -0.05) is 42.2 Å². The van der Waals surface area contributed by atoms with Crippen LogP contribution in [-0.2, 0) is 9.53 Å². The lowest BCUT2D eigenvalue weighted by Gasteiger charge is -2.24. The number of allylic oxidation sites excluding steroid dienone is 1. The van der Waals surface area contributed by atoms with E-state index in [1.54, 1.807) is 50.3 Å². The van der Waals surface area contributed by atoms with E-state index in [0.29, 0.717) is 50.9 Å². The number of aromatic hydroxyl groups is 1. The Kier molecular flexibility index (Phi) is 7.93. The summed E-state index contributed by atoms with van der Waals surface area (Å²) >= 11 is 1.23. The molecular weight excluding hydrogens is 492 g/mol. The summed E-state index contributed by atoms with van der Waals surface area (Å²) in [5.41, 5.74) is 1.92. The van der Waals surface area contributed by atoms with E-state index in [-0.39, 0.29) is 17.9 Å². The van der Waals surface area contributed by atoms with Crippen LogP contribution in [-0.4, -0.2) is 35.5 Å². The van der Waals surface area contributed by atoms with Gasteiger partial charge >= 0.3 is 5.97 Å². The highest BCUT2D eigenvalue weighted by Crippen LogP contribution is 2.32. The van der Waals surface area contributed by atoms with Gasteiger partial charge in [0.25, 0.3) is 5.56 Å². The number of thiazole rings is 1. The highest BCUT2D eigenvalue weighted by Gasteiger charge is 2.33. The zero-order valence-electron chi connectivity index (χ0n) is 20.9. The van der Waals surface area contributed by atoms with Gasteiger partial charge in [-0.2, -0.15) is 0 Å². The molecule has 9 heteroatoms. The molecule has 4 rings (SSSR count). The fourth-order valence-electron chi connectivity index (χ4n) is 4.05. The van der Waals surface area contributed by atoms with Crippen molar-refractivity contribution in [2.75, 3.05) is 19.8 Å². The first-order valence-electron chi connectivity index (χ1n) is 11.9. The van der Waals surface area contributed by atoms with E-state index in [1.807, 2.05) is 19.1 Å². The summed E-state index contributed by atoms with van der Waals surface area (Å²) in [6.07, 6.45) is 3.38. The van der Waals surface area contributed by atoms with Crippen LogP contribution in [0.2, 0.25) is 0 Å². The van der Waals surface area contributed by atoms with Gasteiger partial charge in [-0.3, -0.25) is 9.36 Å². The molecule has 0 saturated carbocycles. The number of esters is 1. The summed E-state index contributed by atoms with van der Waals surface area (Å²) < 4.78 is 18.4. The van der Waals surface area contributed by atoms with Crippen molar-refractivity contribution in [2.45, 2.75) is 26.8 Å². The number of phenolic OH excluding ortho intramolecular Hbond substituents is 1. The topological polar surface area (TPSA) is 99.4 Å². The number of ether oxygens (including phenoxy) is 3. The van der Waals surface area contributed by atoms with Crippen molar-refractivity contribution in [2.24, 2.45) is 4.99 Å². The summed E-state index contributed by atoms with van der Waals surface area (Å²) in [5.74, 6) is 0.485. The number of nitrogens with zero attached hydrogens (tertiary/aromatic N) is 2. The van der Waals surface area contributed by atoms with Crippen molar-refractivity contribution in [3.63, 3.8) is 0 Å². The molecule has 1 aromatic heterocycles. The molecule has 1 aliphatic rings. The number of rotatable bonds is 9. The van der Waals surface area contributed by atoms with Crippen LogP contribution >= 0.6 is 11.3 Å². The van der Waals surface area contributed by atoms with Crippen molar-refractivity contribution < 1.29 is 24.1 Å². The Morgan fingerprint density at radius 1 is 1.16 bits per heavy atom. The molecule has 0 fully saturated rings. The normalized spacial score (nSPS) is 15.1. The van der Waals surface area contributed by atoms with Gasteiger partial charge in [-0.05, 0) is 62.2 Å². The molecule has 2 heterocycles. The van der Waals surface area contributed by atoms with Gasteiger partial charge in [0.2, 0.25) is 0 Å². The lowest BCUT2D eigenvalue weighted by atomic mass is 9.96.